The number of hydrogen-bond donors (Lipinski definition) is 0. The maximum Gasteiger partial charge on any atom is 0.573 e. The van der Waals surface area contributed by atoms with Crippen LogP contribution in [0.2, 0.25) is 0 Å². The summed E-state index contributed by atoms with van der Waals surface area (Å²) in [7, 11) is 0. The fourth-order valence-corrected chi connectivity index (χ4v) is 3.91. The number of esters is 2. The molecule has 0 saturated carbocycles. The van der Waals surface area contributed by atoms with E-state index < -0.39 is 24.1 Å². The van der Waals surface area contributed by atoms with Gasteiger partial charge in [-0.15, -0.1) is 13.2 Å². The normalized spacial score (nSPS) is 11.4. The molecule has 1 aromatic heterocycles. The number of carbonyl (C=O) groups excluding carboxylic acids is 2. The molecule has 3 aromatic carbocycles. The van der Waals surface area contributed by atoms with Crippen LogP contribution in [0.3, 0.4) is 0 Å². The lowest BCUT2D eigenvalue weighted by Gasteiger charge is -2.14. The molecular formula is C30H25F3O6. The van der Waals surface area contributed by atoms with Gasteiger partial charge in [-0.05, 0) is 62.1 Å². The van der Waals surface area contributed by atoms with Crippen LogP contribution in [0, 0.1) is 0 Å². The molecule has 0 radical (unpaired) electrons. The van der Waals surface area contributed by atoms with Crippen molar-refractivity contribution < 1.29 is 41.4 Å². The molecule has 4 rings (SSSR count). The van der Waals surface area contributed by atoms with Crippen molar-refractivity contribution in [1.29, 1.82) is 0 Å². The Hall–Kier alpha value is -4.53. The molecule has 0 unspecified atom stereocenters. The predicted molar refractivity (Wildman–Crippen MR) is 140 cm³/mol. The number of carbonyl (C=O) groups is 2. The van der Waals surface area contributed by atoms with Crippen molar-refractivity contribution in [2.45, 2.75) is 33.1 Å². The van der Waals surface area contributed by atoms with Crippen LogP contribution in [0.15, 0.2) is 83.3 Å². The second-order valence-electron chi connectivity index (χ2n) is 9.01. The monoisotopic (exact) mass is 538 g/mol. The van der Waals surface area contributed by atoms with E-state index in [1.807, 2.05) is 0 Å². The van der Waals surface area contributed by atoms with Gasteiger partial charge in [-0.1, -0.05) is 37.4 Å². The predicted octanol–water partition coefficient (Wildman–Crippen LogP) is 7.69. The summed E-state index contributed by atoms with van der Waals surface area (Å²) in [6.07, 6.45) is -3.78. The third-order valence-electron chi connectivity index (χ3n) is 5.80. The van der Waals surface area contributed by atoms with Gasteiger partial charge in [-0.25, -0.2) is 9.59 Å². The summed E-state index contributed by atoms with van der Waals surface area (Å²) in [5.74, 6) is -1.40. The Labute approximate surface area is 222 Å². The maximum absolute atomic E-state index is 13.5. The molecule has 0 aliphatic heterocycles. The number of rotatable bonds is 9. The standard InChI is InChI=1S/C30H25F3O6/c1-17(2)28(34)36-15-5-6-19-7-9-20(10-8-19)22-13-14-24-23-12-11-21(37-29(35)18(3)4)16-25(23)38-26(24)27(22)39-30(31,32)33/h7-14,16H,1,3,5-6,15H2,2,4H3. The first-order valence-corrected chi connectivity index (χ1v) is 12.0. The van der Waals surface area contributed by atoms with Crippen LogP contribution in [0.4, 0.5) is 13.2 Å². The van der Waals surface area contributed by atoms with E-state index in [-0.39, 0.29) is 34.7 Å². The lowest BCUT2D eigenvalue weighted by atomic mass is 9.99. The third kappa shape index (κ3) is 6.49. The van der Waals surface area contributed by atoms with Gasteiger partial charge in [0.05, 0.1) is 6.61 Å². The smallest absolute Gasteiger partial charge is 0.462 e. The second kappa shape index (κ2) is 11.1. The molecule has 0 aliphatic rings. The topological polar surface area (TPSA) is 75.0 Å². The van der Waals surface area contributed by atoms with E-state index in [4.69, 9.17) is 13.9 Å². The minimum absolute atomic E-state index is 0.0911. The van der Waals surface area contributed by atoms with Crippen molar-refractivity contribution in [3.63, 3.8) is 0 Å². The second-order valence-corrected chi connectivity index (χ2v) is 9.01. The number of halogens is 3. The van der Waals surface area contributed by atoms with Crippen LogP contribution in [0.1, 0.15) is 25.8 Å². The van der Waals surface area contributed by atoms with Crippen LogP contribution in [-0.2, 0) is 20.7 Å². The van der Waals surface area contributed by atoms with Crippen molar-refractivity contribution in [3.8, 4) is 22.6 Å². The Morgan fingerprint density at radius 3 is 2.21 bits per heavy atom. The molecule has 0 amide bonds. The van der Waals surface area contributed by atoms with Gasteiger partial charge in [0.1, 0.15) is 11.3 Å². The van der Waals surface area contributed by atoms with Crippen molar-refractivity contribution in [3.05, 3.63) is 84.5 Å². The highest BCUT2D eigenvalue weighted by molar-refractivity contribution is 6.09. The van der Waals surface area contributed by atoms with Crippen LogP contribution < -0.4 is 9.47 Å². The van der Waals surface area contributed by atoms with E-state index in [1.165, 1.54) is 19.1 Å². The average molecular weight is 539 g/mol. The van der Waals surface area contributed by atoms with E-state index in [0.29, 0.717) is 34.8 Å². The molecule has 0 bridgehead atoms. The number of furan rings is 1. The quantitative estimate of drug-likeness (QED) is 0.0942. The van der Waals surface area contributed by atoms with E-state index in [0.717, 1.165) is 5.56 Å². The van der Waals surface area contributed by atoms with Crippen LogP contribution in [0.25, 0.3) is 33.1 Å². The Morgan fingerprint density at radius 1 is 0.897 bits per heavy atom. The first-order chi connectivity index (χ1) is 18.4. The van der Waals surface area contributed by atoms with Gasteiger partial charge in [0.25, 0.3) is 0 Å². The van der Waals surface area contributed by atoms with E-state index in [2.05, 4.69) is 17.9 Å². The SMILES string of the molecule is C=C(C)C(=O)OCCCc1ccc(-c2ccc3c(oc4cc(OC(=O)C(=C)C)ccc43)c2OC(F)(F)F)cc1. The number of ether oxygens (including phenoxy) is 3. The molecule has 4 aromatic rings. The van der Waals surface area contributed by atoms with Crippen molar-refractivity contribution in [2.75, 3.05) is 6.61 Å². The minimum atomic E-state index is -4.97. The largest absolute Gasteiger partial charge is 0.573 e. The summed E-state index contributed by atoms with van der Waals surface area (Å²) in [6, 6.07) is 14.7. The number of aryl methyl sites for hydroxylation is 1. The molecule has 0 saturated heterocycles. The van der Waals surface area contributed by atoms with Crippen LogP contribution >= 0.6 is 0 Å². The highest BCUT2D eigenvalue weighted by Crippen LogP contribution is 2.44. The fraction of sp³-hybridized carbons (Fsp3) is 0.200. The molecule has 1 heterocycles. The summed E-state index contributed by atoms with van der Waals surface area (Å²) in [5, 5.41) is 0.938. The Balaban J connectivity index is 1.65. The van der Waals surface area contributed by atoms with Crippen molar-refractivity contribution >= 4 is 33.9 Å². The molecule has 0 atom stereocenters. The van der Waals surface area contributed by atoms with Gasteiger partial charge in [0.15, 0.2) is 11.3 Å². The van der Waals surface area contributed by atoms with Crippen LogP contribution in [-0.4, -0.2) is 24.9 Å². The first kappa shape index (κ1) is 27.5. The van der Waals surface area contributed by atoms with Gasteiger partial charge >= 0.3 is 18.3 Å². The summed E-state index contributed by atoms with van der Waals surface area (Å²) < 4.78 is 61.0. The number of alkyl halides is 3. The summed E-state index contributed by atoms with van der Waals surface area (Å²) in [5.41, 5.74) is 2.26. The Morgan fingerprint density at radius 2 is 1.56 bits per heavy atom. The van der Waals surface area contributed by atoms with Gasteiger partial charge in [-0.3, -0.25) is 0 Å². The molecular weight excluding hydrogens is 513 g/mol. The lowest BCUT2D eigenvalue weighted by molar-refractivity contribution is -0.274. The lowest BCUT2D eigenvalue weighted by Crippen LogP contribution is -2.17. The molecule has 0 aliphatic carbocycles. The third-order valence-corrected chi connectivity index (χ3v) is 5.80. The molecule has 0 fully saturated rings. The van der Waals surface area contributed by atoms with E-state index >= 15 is 0 Å². The van der Waals surface area contributed by atoms with Gasteiger partial charge in [0, 0.05) is 33.5 Å². The summed E-state index contributed by atoms with van der Waals surface area (Å²) in [4.78, 5) is 23.3. The van der Waals surface area contributed by atoms with Crippen molar-refractivity contribution in [2.24, 2.45) is 0 Å². The first-order valence-electron chi connectivity index (χ1n) is 12.0. The van der Waals surface area contributed by atoms with E-state index in [9.17, 15) is 22.8 Å². The fourth-order valence-electron chi connectivity index (χ4n) is 3.91. The minimum Gasteiger partial charge on any atom is -0.462 e. The zero-order chi connectivity index (χ0) is 28.3. The average Bonchev–Trinajstić information content (AvgIpc) is 3.24. The van der Waals surface area contributed by atoms with Gasteiger partial charge < -0.3 is 18.6 Å². The molecule has 39 heavy (non-hydrogen) atoms. The Bertz CT molecular complexity index is 1580. The molecule has 202 valence electrons. The zero-order valence-electron chi connectivity index (χ0n) is 21.3. The number of benzene rings is 3. The van der Waals surface area contributed by atoms with Crippen LogP contribution in [0.5, 0.6) is 11.5 Å². The zero-order valence-corrected chi connectivity index (χ0v) is 21.3. The highest BCUT2D eigenvalue weighted by atomic mass is 19.4. The van der Waals surface area contributed by atoms with Gasteiger partial charge in [-0.2, -0.15) is 0 Å². The Kier molecular flexibility index (Phi) is 7.80. The molecule has 9 heteroatoms. The summed E-state index contributed by atoms with van der Waals surface area (Å²) >= 11 is 0. The molecule has 0 spiro atoms. The highest BCUT2D eigenvalue weighted by Gasteiger charge is 2.34. The number of hydrogen-bond acceptors (Lipinski definition) is 6. The van der Waals surface area contributed by atoms with Gasteiger partial charge in [0.2, 0.25) is 0 Å². The molecule has 6 nitrogen and oxygen atoms in total. The molecule has 0 N–H and O–H groups in total. The maximum atomic E-state index is 13.5. The van der Waals surface area contributed by atoms with Crippen molar-refractivity contribution in [1.82, 2.24) is 0 Å². The number of fused-ring (bicyclic) bond motifs is 3. The van der Waals surface area contributed by atoms with E-state index in [1.54, 1.807) is 49.4 Å². The summed E-state index contributed by atoms with van der Waals surface area (Å²) in [6.45, 7) is 10.4.